The van der Waals surface area contributed by atoms with Crippen LogP contribution in [0.3, 0.4) is 0 Å². The van der Waals surface area contributed by atoms with Gasteiger partial charge in [0.2, 0.25) is 10.0 Å². The molecule has 5 nitrogen and oxygen atoms in total. The van der Waals surface area contributed by atoms with Crippen molar-refractivity contribution in [2.24, 2.45) is 0 Å². The Morgan fingerprint density at radius 2 is 2.06 bits per heavy atom. The van der Waals surface area contributed by atoms with Gasteiger partial charge in [-0.1, -0.05) is 12.5 Å². The predicted molar refractivity (Wildman–Crippen MR) is 66.1 cm³/mol. The molecule has 0 aromatic heterocycles. The molecule has 18 heavy (non-hydrogen) atoms. The molecule has 1 aliphatic carbocycles. The van der Waals surface area contributed by atoms with Crippen LogP contribution in [0.15, 0.2) is 23.1 Å². The molecular formula is C12H15NO4S. The molecule has 0 radical (unpaired) electrons. The van der Waals surface area contributed by atoms with Gasteiger partial charge in [-0.05, 0) is 37.5 Å². The third-order valence-corrected chi connectivity index (χ3v) is 4.81. The largest absolute Gasteiger partial charge is 0.478 e. The first-order valence-corrected chi connectivity index (χ1v) is 7.25. The fourth-order valence-electron chi connectivity index (χ4n) is 1.83. The van der Waals surface area contributed by atoms with E-state index in [1.807, 2.05) is 0 Å². The Morgan fingerprint density at radius 1 is 1.39 bits per heavy atom. The maximum atomic E-state index is 12.1. The maximum Gasteiger partial charge on any atom is 0.335 e. The molecule has 0 bridgehead atoms. The molecule has 1 fully saturated rings. The molecule has 0 aliphatic heterocycles. The van der Waals surface area contributed by atoms with E-state index in [4.69, 9.17) is 5.11 Å². The lowest BCUT2D eigenvalue weighted by atomic mass is 9.94. The van der Waals surface area contributed by atoms with Crippen LogP contribution in [-0.2, 0) is 10.0 Å². The number of nitrogens with one attached hydrogen (secondary N) is 1. The highest BCUT2D eigenvalue weighted by Gasteiger charge is 2.26. The van der Waals surface area contributed by atoms with Crippen molar-refractivity contribution in [1.29, 1.82) is 0 Å². The monoisotopic (exact) mass is 269 g/mol. The van der Waals surface area contributed by atoms with E-state index in [2.05, 4.69) is 4.72 Å². The third-order valence-electron chi connectivity index (χ3n) is 3.15. The van der Waals surface area contributed by atoms with E-state index in [0.717, 1.165) is 19.3 Å². The van der Waals surface area contributed by atoms with Crippen LogP contribution in [0.2, 0.25) is 0 Å². The van der Waals surface area contributed by atoms with E-state index >= 15 is 0 Å². The SMILES string of the molecule is Cc1ccc(C(=O)O)cc1S(=O)(=O)NC1CCC1. The number of carboxylic acids is 1. The highest BCUT2D eigenvalue weighted by atomic mass is 32.2. The van der Waals surface area contributed by atoms with Crippen molar-refractivity contribution < 1.29 is 18.3 Å². The van der Waals surface area contributed by atoms with Crippen molar-refractivity contribution >= 4 is 16.0 Å². The van der Waals surface area contributed by atoms with Crippen LogP contribution in [0.5, 0.6) is 0 Å². The zero-order valence-electron chi connectivity index (χ0n) is 10.0. The summed E-state index contributed by atoms with van der Waals surface area (Å²) in [6.07, 6.45) is 2.72. The summed E-state index contributed by atoms with van der Waals surface area (Å²) in [6.45, 7) is 1.65. The van der Waals surface area contributed by atoms with Gasteiger partial charge in [0.05, 0.1) is 10.5 Å². The number of benzene rings is 1. The van der Waals surface area contributed by atoms with Gasteiger partial charge in [0.25, 0.3) is 0 Å². The Morgan fingerprint density at radius 3 is 2.56 bits per heavy atom. The molecule has 0 atom stereocenters. The van der Waals surface area contributed by atoms with Crippen LogP contribution in [0, 0.1) is 6.92 Å². The second kappa shape index (κ2) is 4.70. The average molecular weight is 269 g/mol. The number of hydrogen-bond acceptors (Lipinski definition) is 3. The molecule has 6 heteroatoms. The zero-order valence-corrected chi connectivity index (χ0v) is 10.8. The van der Waals surface area contributed by atoms with E-state index < -0.39 is 16.0 Å². The highest BCUT2D eigenvalue weighted by Crippen LogP contribution is 2.23. The van der Waals surface area contributed by atoms with Gasteiger partial charge in [-0.15, -0.1) is 0 Å². The first kappa shape index (κ1) is 13.0. The molecule has 0 heterocycles. The van der Waals surface area contributed by atoms with E-state index in [-0.39, 0.29) is 16.5 Å². The molecular weight excluding hydrogens is 254 g/mol. The summed E-state index contributed by atoms with van der Waals surface area (Å²) in [5, 5.41) is 8.89. The van der Waals surface area contributed by atoms with Crippen molar-refractivity contribution in [2.75, 3.05) is 0 Å². The lowest BCUT2D eigenvalue weighted by Crippen LogP contribution is -2.39. The Balaban J connectivity index is 2.35. The number of rotatable bonds is 4. The zero-order chi connectivity index (χ0) is 13.3. The molecule has 0 spiro atoms. The highest BCUT2D eigenvalue weighted by molar-refractivity contribution is 7.89. The van der Waals surface area contributed by atoms with Gasteiger partial charge in [-0.3, -0.25) is 0 Å². The average Bonchev–Trinajstić information content (AvgIpc) is 2.24. The Bertz CT molecular complexity index is 576. The van der Waals surface area contributed by atoms with Crippen molar-refractivity contribution in [3.8, 4) is 0 Å². The lowest BCUT2D eigenvalue weighted by molar-refractivity contribution is 0.0696. The number of hydrogen-bond donors (Lipinski definition) is 2. The van der Waals surface area contributed by atoms with Crippen molar-refractivity contribution in [2.45, 2.75) is 37.1 Å². The summed E-state index contributed by atoms with van der Waals surface area (Å²) in [4.78, 5) is 10.9. The van der Waals surface area contributed by atoms with Gasteiger partial charge in [0.15, 0.2) is 0 Å². The number of sulfonamides is 1. The van der Waals surface area contributed by atoms with Crippen LogP contribution in [0.25, 0.3) is 0 Å². The molecule has 0 saturated heterocycles. The van der Waals surface area contributed by atoms with Crippen LogP contribution in [0.4, 0.5) is 0 Å². The number of carboxylic acid groups (broad SMARTS) is 1. The number of aryl methyl sites for hydroxylation is 1. The molecule has 1 aromatic rings. The summed E-state index contributed by atoms with van der Waals surface area (Å²) in [6, 6.07) is 4.11. The second-order valence-corrected chi connectivity index (χ2v) is 6.22. The normalized spacial score (nSPS) is 16.3. The summed E-state index contributed by atoms with van der Waals surface area (Å²) in [7, 11) is -3.62. The molecule has 1 saturated carbocycles. The predicted octanol–water partition coefficient (Wildman–Crippen LogP) is 1.52. The molecule has 1 aliphatic rings. The van der Waals surface area contributed by atoms with Gasteiger partial charge < -0.3 is 5.11 Å². The third kappa shape index (κ3) is 2.54. The maximum absolute atomic E-state index is 12.1. The quantitative estimate of drug-likeness (QED) is 0.868. The van der Waals surface area contributed by atoms with Gasteiger partial charge in [-0.2, -0.15) is 0 Å². The van der Waals surface area contributed by atoms with Crippen LogP contribution < -0.4 is 4.72 Å². The first-order valence-electron chi connectivity index (χ1n) is 5.76. The first-order chi connectivity index (χ1) is 8.40. The summed E-state index contributed by atoms with van der Waals surface area (Å²) >= 11 is 0. The van der Waals surface area contributed by atoms with Crippen LogP contribution >= 0.6 is 0 Å². The standard InChI is InChI=1S/C12H15NO4S/c1-8-5-6-9(12(14)15)7-11(8)18(16,17)13-10-3-2-4-10/h5-7,10,13H,2-4H2,1H3,(H,14,15). The number of aromatic carboxylic acids is 1. The molecule has 0 unspecified atom stereocenters. The van der Waals surface area contributed by atoms with Gasteiger partial charge in [0, 0.05) is 6.04 Å². The van der Waals surface area contributed by atoms with Gasteiger partial charge in [-0.25, -0.2) is 17.9 Å². The summed E-state index contributed by atoms with van der Waals surface area (Å²) < 4.78 is 26.8. The Labute approximate surface area is 106 Å². The minimum atomic E-state index is -3.62. The molecule has 2 rings (SSSR count). The topological polar surface area (TPSA) is 83.5 Å². The van der Waals surface area contributed by atoms with Gasteiger partial charge >= 0.3 is 5.97 Å². The number of carbonyl (C=O) groups is 1. The van der Waals surface area contributed by atoms with Crippen molar-refractivity contribution in [1.82, 2.24) is 4.72 Å². The van der Waals surface area contributed by atoms with Crippen molar-refractivity contribution in [3.05, 3.63) is 29.3 Å². The molecule has 2 N–H and O–H groups in total. The summed E-state index contributed by atoms with van der Waals surface area (Å²) in [5.41, 5.74) is 0.529. The fraction of sp³-hybridized carbons (Fsp3) is 0.417. The molecule has 0 amide bonds. The Hall–Kier alpha value is -1.40. The van der Waals surface area contributed by atoms with Crippen LogP contribution in [-0.4, -0.2) is 25.5 Å². The molecule has 1 aromatic carbocycles. The van der Waals surface area contributed by atoms with Gasteiger partial charge in [0.1, 0.15) is 0 Å². The lowest BCUT2D eigenvalue weighted by Gasteiger charge is -2.26. The minimum absolute atomic E-state index is 0.0112. The minimum Gasteiger partial charge on any atom is -0.478 e. The van der Waals surface area contributed by atoms with E-state index in [9.17, 15) is 13.2 Å². The summed E-state index contributed by atoms with van der Waals surface area (Å²) in [5.74, 6) is -1.13. The van der Waals surface area contributed by atoms with E-state index in [1.54, 1.807) is 6.92 Å². The van der Waals surface area contributed by atoms with Crippen LogP contribution in [0.1, 0.15) is 35.2 Å². The smallest absolute Gasteiger partial charge is 0.335 e. The van der Waals surface area contributed by atoms with E-state index in [0.29, 0.717) is 5.56 Å². The van der Waals surface area contributed by atoms with E-state index in [1.165, 1.54) is 18.2 Å². The van der Waals surface area contributed by atoms with Crippen molar-refractivity contribution in [3.63, 3.8) is 0 Å². The second-order valence-electron chi connectivity index (χ2n) is 4.53. The Kier molecular flexibility index (Phi) is 3.41. The fourth-order valence-corrected chi connectivity index (χ4v) is 3.41. The molecule has 98 valence electrons.